The number of carboxylic acids is 1. The quantitative estimate of drug-likeness (QED) is 0.920. The molecule has 0 heterocycles. The molecule has 0 radical (unpaired) electrons. The summed E-state index contributed by atoms with van der Waals surface area (Å²) in [5.41, 5.74) is 0.151. The predicted octanol–water partition coefficient (Wildman–Crippen LogP) is 1.95. The van der Waals surface area contributed by atoms with Gasteiger partial charge < -0.3 is 9.90 Å². The van der Waals surface area contributed by atoms with Crippen molar-refractivity contribution in [2.24, 2.45) is 0 Å². The smallest absolute Gasteiger partial charge is 0.262 e. The summed E-state index contributed by atoms with van der Waals surface area (Å²) in [6.45, 7) is 1.52. The summed E-state index contributed by atoms with van der Waals surface area (Å²) in [7, 11) is -4.05. The lowest BCUT2D eigenvalue weighted by atomic mass is 10.1. The zero-order chi connectivity index (χ0) is 16.5. The van der Waals surface area contributed by atoms with E-state index in [1.165, 1.54) is 25.1 Å². The van der Waals surface area contributed by atoms with Crippen LogP contribution in [0.2, 0.25) is 5.02 Å². The molecule has 2 aromatic rings. The molecule has 116 valence electrons. The van der Waals surface area contributed by atoms with Gasteiger partial charge in [-0.1, -0.05) is 23.7 Å². The van der Waals surface area contributed by atoms with Gasteiger partial charge in [0, 0.05) is 0 Å². The first kappa shape index (κ1) is 16.3. The molecule has 0 bridgehead atoms. The van der Waals surface area contributed by atoms with Crippen molar-refractivity contribution in [1.82, 2.24) is 0 Å². The molecule has 5 nitrogen and oxygen atoms in total. The standard InChI is InChI=1S/C14H11ClFNO4S/c1-8-2-3-9(14(18)19)6-13(8)22(20,21)17-10-4-5-12(16)11(15)7-10/h2-7,17H,1H3,(H,18,19)/p-1. The Bertz CT molecular complexity index is 852. The molecule has 0 saturated carbocycles. The van der Waals surface area contributed by atoms with Crippen LogP contribution in [0.3, 0.4) is 0 Å². The Morgan fingerprint density at radius 1 is 1.23 bits per heavy atom. The van der Waals surface area contributed by atoms with E-state index in [0.717, 1.165) is 18.2 Å². The highest BCUT2D eigenvalue weighted by molar-refractivity contribution is 7.92. The number of benzene rings is 2. The number of carbonyl (C=O) groups is 1. The van der Waals surface area contributed by atoms with E-state index in [2.05, 4.69) is 4.72 Å². The average molecular weight is 343 g/mol. The van der Waals surface area contributed by atoms with Gasteiger partial charge in [0.2, 0.25) is 0 Å². The number of rotatable bonds is 4. The van der Waals surface area contributed by atoms with Gasteiger partial charge in [-0.05, 0) is 42.3 Å². The van der Waals surface area contributed by atoms with Gasteiger partial charge in [0.25, 0.3) is 10.0 Å². The topological polar surface area (TPSA) is 86.3 Å². The monoisotopic (exact) mass is 342 g/mol. The lowest BCUT2D eigenvalue weighted by Gasteiger charge is -2.12. The van der Waals surface area contributed by atoms with Gasteiger partial charge in [-0.25, -0.2) is 12.8 Å². The van der Waals surface area contributed by atoms with Crippen LogP contribution in [0.5, 0.6) is 0 Å². The Kier molecular flexibility index (Phi) is 4.39. The summed E-state index contributed by atoms with van der Waals surface area (Å²) < 4.78 is 40.0. The fourth-order valence-corrected chi connectivity index (χ4v) is 3.29. The van der Waals surface area contributed by atoms with Crippen molar-refractivity contribution in [2.75, 3.05) is 4.72 Å². The third kappa shape index (κ3) is 3.37. The van der Waals surface area contributed by atoms with E-state index < -0.39 is 21.8 Å². The highest BCUT2D eigenvalue weighted by Gasteiger charge is 2.18. The molecular formula is C14H10ClFNO4S-. The number of nitrogens with one attached hydrogen (secondary N) is 1. The maximum Gasteiger partial charge on any atom is 0.262 e. The lowest BCUT2D eigenvalue weighted by molar-refractivity contribution is -0.255. The SMILES string of the molecule is Cc1ccc(C(=O)[O-])cc1S(=O)(=O)Nc1ccc(F)c(Cl)c1. The number of halogens is 2. The third-order valence-corrected chi connectivity index (χ3v) is 4.70. The second kappa shape index (κ2) is 5.94. The summed E-state index contributed by atoms with van der Waals surface area (Å²) in [5.74, 6) is -2.17. The van der Waals surface area contributed by atoms with Crippen LogP contribution in [-0.4, -0.2) is 14.4 Å². The summed E-state index contributed by atoms with van der Waals surface area (Å²) in [6.07, 6.45) is 0. The number of aromatic carboxylic acids is 1. The molecule has 0 fully saturated rings. The van der Waals surface area contributed by atoms with Gasteiger partial charge in [-0.3, -0.25) is 4.72 Å². The first-order valence-electron chi connectivity index (χ1n) is 6.00. The van der Waals surface area contributed by atoms with E-state index in [0.29, 0.717) is 5.56 Å². The van der Waals surface area contributed by atoms with E-state index in [1.54, 1.807) is 0 Å². The predicted molar refractivity (Wildman–Crippen MR) is 77.7 cm³/mol. The second-order valence-electron chi connectivity index (χ2n) is 4.50. The number of aryl methyl sites for hydroxylation is 1. The number of carbonyl (C=O) groups excluding carboxylic acids is 1. The van der Waals surface area contributed by atoms with Gasteiger partial charge in [-0.15, -0.1) is 0 Å². The minimum Gasteiger partial charge on any atom is -0.545 e. The molecule has 0 amide bonds. The summed E-state index contributed by atoms with van der Waals surface area (Å²) in [4.78, 5) is 10.6. The van der Waals surface area contributed by atoms with Gasteiger partial charge in [0.05, 0.1) is 21.6 Å². The van der Waals surface area contributed by atoms with Crippen LogP contribution in [0.1, 0.15) is 15.9 Å². The fraction of sp³-hybridized carbons (Fsp3) is 0.0714. The van der Waals surface area contributed by atoms with E-state index in [4.69, 9.17) is 11.6 Å². The third-order valence-electron chi connectivity index (χ3n) is 2.89. The summed E-state index contributed by atoms with van der Waals surface area (Å²) in [5, 5.41) is 10.6. The number of anilines is 1. The Balaban J connectivity index is 2.44. The van der Waals surface area contributed by atoms with Crippen molar-refractivity contribution >= 4 is 33.3 Å². The van der Waals surface area contributed by atoms with E-state index in [-0.39, 0.29) is 21.2 Å². The van der Waals surface area contributed by atoms with Crippen molar-refractivity contribution < 1.29 is 22.7 Å². The van der Waals surface area contributed by atoms with Crippen LogP contribution >= 0.6 is 11.6 Å². The van der Waals surface area contributed by atoms with Crippen molar-refractivity contribution in [3.8, 4) is 0 Å². The molecule has 0 saturated heterocycles. The van der Waals surface area contributed by atoms with Crippen LogP contribution in [0, 0.1) is 12.7 Å². The molecular weight excluding hydrogens is 333 g/mol. The molecule has 2 rings (SSSR count). The molecule has 0 aliphatic carbocycles. The van der Waals surface area contributed by atoms with Gasteiger partial charge in [0.1, 0.15) is 5.82 Å². The van der Waals surface area contributed by atoms with Crippen molar-refractivity contribution in [3.63, 3.8) is 0 Å². The molecule has 0 aromatic heterocycles. The van der Waals surface area contributed by atoms with E-state index >= 15 is 0 Å². The van der Waals surface area contributed by atoms with Crippen molar-refractivity contribution in [1.29, 1.82) is 0 Å². The number of hydrogen-bond acceptors (Lipinski definition) is 4. The maximum atomic E-state index is 13.1. The first-order valence-corrected chi connectivity index (χ1v) is 7.86. The van der Waals surface area contributed by atoms with Crippen LogP contribution in [0.4, 0.5) is 10.1 Å². The second-order valence-corrected chi connectivity index (χ2v) is 6.56. The molecule has 8 heteroatoms. The molecule has 0 aliphatic heterocycles. The van der Waals surface area contributed by atoms with Crippen LogP contribution in [0.15, 0.2) is 41.3 Å². The number of sulfonamides is 1. The minimum atomic E-state index is -4.05. The molecule has 0 aliphatic rings. The van der Waals surface area contributed by atoms with Crippen LogP contribution in [0.25, 0.3) is 0 Å². The van der Waals surface area contributed by atoms with Gasteiger partial charge in [0.15, 0.2) is 0 Å². The van der Waals surface area contributed by atoms with Gasteiger partial charge >= 0.3 is 0 Å². The summed E-state index contributed by atoms with van der Waals surface area (Å²) in [6, 6.07) is 6.95. The maximum absolute atomic E-state index is 13.1. The largest absolute Gasteiger partial charge is 0.545 e. The molecule has 1 N–H and O–H groups in total. The Hall–Kier alpha value is -2.12. The van der Waals surface area contributed by atoms with Crippen LogP contribution < -0.4 is 9.83 Å². The molecule has 0 atom stereocenters. The minimum absolute atomic E-state index is 0.0599. The molecule has 2 aromatic carbocycles. The van der Waals surface area contributed by atoms with E-state index in [9.17, 15) is 22.7 Å². The Labute approximate surface area is 131 Å². The summed E-state index contributed by atoms with van der Waals surface area (Å²) >= 11 is 5.59. The zero-order valence-corrected chi connectivity index (χ0v) is 12.8. The fourth-order valence-electron chi connectivity index (χ4n) is 1.79. The van der Waals surface area contributed by atoms with Gasteiger partial charge in [-0.2, -0.15) is 0 Å². The van der Waals surface area contributed by atoms with E-state index in [1.807, 2.05) is 0 Å². The zero-order valence-electron chi connectivity index (χ0n) is 11.3. The molecule has 0 unspecified atom stereocenters. The molecule has 22 heavy (non-hydrogen) atoms. The van der Waals surface area contributed by atoms with Crippen molar-refractivity contribution in [2.45, 2.75) is 11.8 Å². The molecule has 0 spiro atoms. The average Bonchev–Trinajstić information content (AvgIpc) is 2.42. The first-order chi connectivity index (χ1) is 10.2. The normalized spacial score (nSPS) is 11.2. The lowest BCUT2D eigenvalue weighted by Crippen LogP contribution is -2.23. The highest BCUT2D eigenvalue weighted by Crippen LogP contribution is 2.24. The number of carboxylic acid groups (broad SMARTS) is 1. The Morgan fingerprint density at radius 3 is 2.50 bits per heavy atom. The Morgan fingerprint density at radius 2 is 1.91 bits per heavy atom. The van der Waals surface area contributed by atoms with Crippen LogP contribution in [-0.2, 0) is 10.0 Å². The highest BCUT2D eigenvalue weighted by atomic mass is 35.5. The van der Waals surface area contributed by atoms with Crippen molar-refractivity contribution in [3.05, 3.63) is 58.4 Å². The number of hydrogen-bond donors (Lipinski definition) is 1.